The lowest BCUT2D eigenvalue weighted by molar-refractivity contribution is 0.356. The van der Waals surface area contributed by atoms with Gasteiger partial charge < -0.3 is 14.8 Å². The lowest BCUT2D eigenvalue weighted by atomic mass is 10.1. The summed E-state index contributed by atoms with van der Waals surface area (Å²) in [6.07, 6.45) is 1.90. The van der Waals surface area contributed by atoms with Crippen molar-refractivity contribution in [3.8, 4) is 21.9 Å². The summed E-state index contributed by atoms with van der Waals surface area (Å²) < 4.78 is 10.9. The minimum Gasteiger partial charge on any atom is -0.493 e. The van der Waals surface area contributed by atoms with Crippen LogP contribution in [-0.4, -0.2) is 24.2 Å². The van der Waals surface area contributed by atoms with Gasteiger partial charge in [-0.25, -0.2) is 9.97 Å². The summed E-state index contributed by atoms with van der Waals surface area (Å²) in [4.78, 5) is 11.7. The second-order valence-electron chi connectivity index (χ2n) is 7.20. The van der Waals surface area contributed by atoms with E-state index in [1.54, 1.807) is 25.6 Å². The maximum Gasteiger partial charge on any atom is 0.162 e. The van der Waals surface area contributed by atoms with Gasteiger partial charge in [-0.1, -0.05) is 36.9 Å². The van der Waals surface area contributed by atoms with Gasteiger partial charge in [0.25, 0.3) is 0 Å². The van der Waals surface area contributed by atoms with Crippen LogP contribution in [0.25, 0.3) is 27.4 Å². The van der Waals surface area contributed by atoms with Crippen LogP contribution < -0.4 is 14.8 Å². The Balaban J connectivity index is 1.68. The van der Waals surface area contributed by atoms with Crippen molar-refractivity contribution in [2.24, 2.45) is 0 Å². The fourth-order valence-corrected chi connectivity index (χ4v) is 4.65. The molecule has 0 radical (unpaired) electrons. The number of ether oxygens (including phenoxy) is 2. The summed E-state index contributed by atoms with van der Waals surface area (Å²) >= 11 is 1.77. The predicted molar refractivity (Wildman–Crippen MR) is 129 cm³/mol. The topological polar surface area (TPSA) is 56.3 Å². The van der Waals surface area contributed by atoms with Gasteiger partial charge in [-0.15, -0.1) is 11.3 Å². The number of fused-ring (bicyclic) bond motifs is 1. The first-order valence-corrected chi connectivity index (χ1v) is 10.8. The molecular formula is C25H25N3O2S. The van der Waals surface area contributed by atoms with Gasteiger partial charge >= 0.3 is 0 Å². The van der Waals surface area contributed by atoms with E-state index in [-0.39, 0.29) is 6.04 Å². The molecule has 0 saturated heterocycles. The lowest BCUT2D eigenvalue weighted by Crippen LogP contribution is -2.08. The fourth-order valence-electron chi connectivity index (χ4n) is 3.59. The average molecular weight is 432 g/mol. The first kappa shape index (κ1) is 20.9. The Morgan fingerprint density at radius 3 is 2.52 bits per heavy atom. The molecule has 6 heteroatoms. The van der Waals surface area contributed by atoms with Crippen molar-refractivity contribution < 1.29 is 9.47 Å². The number of methoxy groups -OCH3 is 2. The predicted octanol–water partition coefficient (Wildman–Crippen LogP) is 6.50. The smallest absolute Gasteiger partial charge is 0.162 e. The molecule has 1 N–H and O–H groups in total. The summed E-state index contributed by atoms with van der Waals surface area (Å²) in [5, 5.41) is 4.46. The third kappa shape index (κ3) is 4.11. The second kappa shape index (κ2) is 8.78. The van der Waals surface area contributed by atoms with E-state index in [1.807, 2.05) is 31.2 Å². The third-order valence-corrected chi connectivity index (χ3v) is 6.47. The molecule has 0 bridgehead atoms. The Labute approximate surface area is 186 Å². The molecule has 0 spiro atoms. The van der Waals surface area contributed by atoms with Crippen molar-refractivity contribution in [3.63, 3.8) is 0 Å². The Bertz CT molecular complexity index is 1250. The van der Waals surface area contributed by atoms with Gasteiger partial charge in [0.05, 0.1) is 25.8 Å². The number of anilines is 1. The summed E-state index contributed by atoms with van der Waals surface area (Å²) in [5.74, 6) is 2.77. The van der Waals surface area contributed by atoms with Gasteiger partial charge in [-0.3, -0.25) is 0 Å². The molecule has 0 fully saturated rings. The monoisotopic (exact) mass is 431 g/mol. The first-order valence-electron chi connectivity index (χ1n) is 10.0. The van der Waals surface area contributed by atoms with Crippen molar-refractivity contribution in [2.45, 2.75) is 19.9 Å². The number of benzene rings is 2. The van der Waals surface area contributed by atoms with Crippen molar-refractivity contribution in [2.75, 3.05) is 19.5 Å². The summed E-state index contributed by atoms with van der Waals surface area (Å²) in [7, 11) is 3.25. The molecule has 158 valence electrons. The van der Waals surface area contributed by atoms with E-state index in [2.05, 4.69) is 59.1 Å². The van der Waals surface area contributed by atoms with Gasteiger partial charge in [-0.2, -0.15) is 0 Å². The molecule has 0 saturated carbocycles. The lowest BCUT2D eigenvalue weighted by Gasteiger charge is -2.16. The number of nitrogens with zero attached hydrogens (tertiary/aromatic N) is 2. The molecular weight excluding hydrogens is 406 g/mol. The average Bonchev–Trinajstić information content (AvgIpc) is 3.28. The molecule has 4 aromatic rings. The van der Waals surface area contributed by atoms with Crippen LogP contribution in [0.5, 0.6) is 11.5 Å². The quantitative estimate of drug-likeness (QED) is 0.362. The largest absolute Gasteiger partial charge is 0.493 e. The molecule has 1 unspecified atom stereocenters. The molecule has 0 aliphatic heterocycles. The Morgan fingerprint density at radius 1 is 1.03 bits per heavy atom. The van der Waals surface area contributed by atoms with Gasteiger partial charge in [0.1, 0.15) is 11.6 Å². The number of thiophene rings is 1. The standard InChI is InChI=1S/C25H25N3O2S/c1-6-17-9-7-8-10-18(17)24-12-11-23(31-24)15(2)26-25-19-13-21(29-4)22(30-5)14-20(19)27-16(3)28-25/h6-15H,1H2,2-5H3,(H,26,27,28). The fraction of sp³-hybridized carbons (Fsp3) is 0.200. The molecule has 0 aliphatic carbocycles. The second-order valence-corrected chi connectivity index (χ2v) is 8.32. The van der Waals surface area contributed by atoms with Crippen molar-refractivity contribution in [1.29, 1.82) is 0 Å². The number of rotatable bonds is 7. The molecule has 31 heavy (non-hydrogen) atoms. The minimum atomic E-state index is 0.0697. The van der Waals surface area contributed by atoms with Crippen LogP contribution in [0.2, 0.25) is 0 Å². The van der Waals surface area contributed by atoms with Gasteiger partial charge in [0.2, 0.25) is 0 Å². The molecule has 5 nitrogen and oxygen atoms in total. The highest BCUT2D eigenvalue weighted by molar-refractivity contribution is 7.15. The Morgan fingerprint density at radius 2 is 1.77 bits per heavy atom. The summed E-state index contributed by atoms with van der Waals surface area (Å²) in [5.41, 5.74) is 3.14. The molecule has 2 aromatic heterocycles. The maximum atomic E-state index is 5.48. The molecule has 4 rings (SSSR count). The molecule has 0 amide bonds. The van der Waals surface area contributed by atoms with E-state index in [1.165, 1.54) is 15.3 Å². The molecule has 1 atom stereocenters. The number of aryl methyl sites for hydroxylation is 1. The van der Waals surface area contributed by atoms with Crippen LogP contribution in [0, 0.1) is 6.92 Å². The van der Waals surface area contributed by atoms with Gasteiger partial charge in [-0.05, 0) is 43.2 Å². The van der Waals surface area contributed by atoms with Crippen LogP contribution in [0.15, 0.2) is 55.1 Å². The van der Waals surface area contributed by atoms with Crippen LogP contribution in [0.1, 0.15) is 29.2 Å². The van der Waals surface area contributed by atoms with Crippen molar-refractivity contribution >= 4 is 34.1 Å². The van der Waals surface area contributed by atoms with Crippen molar-refractivity contribution in [3.05, 3.63) is 71.4 Å². The van der Waals surface area contributed by atoms with E-state index in [0.717, 1.165) is 22.3 Å². The van der Waals surface area contributed by atoms with Gasteiger partial charge in [0, 0.05) is 21.2 Å². The van der Waals surface area contributed by atoms with Crippen molar-refractivity contribution in [1.82, 2.24) is 9.97 Å². The number of hydrogen-bond donors (Lipinski definition) is 1. The van der Waals surface area contributed by atoms with E-state index in [4.69, 9.17) is 9.47 Å². The summed E-state index contributed by atoms with van der Waals surface area (Å²) in [6.45, 7) is 7.97. The highest BCUT2D eigenvalue weighted by atomic mass is 32.1. The van der Waals surface area contributed by atoms with E-state index >= 15 is 0 Å². The summed E-state index contributed by atoms with van der Waals surface area (Å²) in [6, 6.07) is 16.5. The normalized spacial score (nSPS) is 11.9. The third-order valence-electron chi connectivity index (χ3n) is 5.17. The number of nitrogens with one attached hydrogen (secondary N) is 1. The van der Waals surface area contributed by atoms with Gasteiger partial charge in [0.15, 0.2) is 11.5 Å². The molecule has 0 aliphatic rings. The maximum absolute atomic E-state index is 5.48. The van der Waals surface area contributed by atoms with E-state index in [9.17, 15) is 0 Å². The highest BCUT2D eigenvalue weighted by Gasteiger charge is 2.16. The Hall–Kier alpha value is -3.38. The number of aromatic nitrogens is 2. The van der Waals surface area contributed by atoms with Crippen LogP contribution in [-0.2, 0) is 0 Å². The first-order chi connectivity index (χ1) is 15.0. The van der Waals surface area contributed by atoms with E-state index in [0.29, 0.717) is 17.3 Å². The Kier molecular flexibility index (Phi) is 5.91. The molecule has 2 heterocycles. The zero-order chi connectivity index (χ0) is 22.0. The van der Waals surface area contributed by atoms with Crippen LogP contribution >= 0.6 is 11.3 Å². The van der Waals surface area contributed by atoms with Crippen LogP contribution in [0.3, 0.4) is 0 Å². The van der Waals surface area contributed by atoms with E-state index < -0.39 is 0 Å². The SMILES string of the molecule is C=Cc1ccccc1-c1ccc(C(C)Nc2nc(C)nc3cc(OC)c(OC)cc23)s1. The number of hydrogen-bond acceptors (Lipinski definition) is 6. The molecule has 2 aromatic carbocycles. The highest BCUT2D eigenvalue weighted by Crippen LogP contribution is 2.37. The minimum absolute atomic E-state index is 0.0697. The zero-order valence-electron chi connectivity index (χ0n) is 18.1. The zero-order valence-corrected chi connectivity index (χ0v) is 18.9. The van der Waals surface area contributed by atoms with Crippen LogP contribution in [0.4, 0.5) is 5.82 Å².